The van der Waals surface area contributed by atoms with Gasteiger partial charge in [-0.2, -0.15) is 0 Å². The molecule has 2 rings (SSSR count). The molecule has 0 saturated carbocycles. The fourth-order valence-electron chi connectivity index (χ4n) is 1.38. The van der Waals surface area contributed by atoms with Crippen molar-refractivity contribution in [1.29, 1.82) is 0 Å². The summed E-state index contributed by atoms with van der Waals surface area (Å²) in [6.07, 6.45) is 0. The quantitative estimate of drug-likeness (QED) is 0.747. The van der Waals surface area contributed by atoms with Gasteiger partial charge < -0.3 is 11.1 Å². The molecule has 6 nitrogen and oxygen atoms in total. The van der Waals surface area contributed by atoms with Gasteiger partial charge in [0, 0.05) is 4.90 Å². The van der Waals surface area contributed by atoms with E-state index in [1.54, 1.807) is 11.6 Å². The van der Waals surface area contributed by atoms with Crippen LogP contribution in [0.3, 0.4) is 0 Å². The van der Waals surface area contributed by atoms with Crippen molar-refractivity contribution in [3.8, 4) is 0 Å². The van der Waals surface area contributed by atoms with Crippen LogP contribution in [-0.4, -0.2) is 33.5 Å². The Labute approximate surface area is 133 Å². The second-order valence-electron chi connectivity index (χ2n) is 3.79. The van der Waals surface area contributed by atoms with Crippen LogP contribution in [0.15, 0.2) is 39.0 Å². The largest absolute Gasteiger partial charge is 0.369 e. The van der Waals surface area contributed by atoms with E-state index in [4.69, 9.17) is 5.73 Å². The minimum atomic E-state index is -0.395. The number of nitrogens with two attached hydrogens (primary N) is 1. The number of anilines is 1. The van der Waals surface area contributed by atoms with Crippen molar-refractivity contribution in [2.45, 2.75) is 9.24 Å². The summed E-state index contributed by atoms with van der Waals surface area (Å²) < 4.78 is 0.751. The maximum Gasteiger partial charge on any atom is 0.234 e. The summed E-state index contributed by atoms with van der Waals surface area (Å²) in [5, 5.41) is 10.4. The van der Waals surface area contributed by atoms with Crippen LogP contribution < -0.4 is 11.1 Å². The lowest BCUT2D eigenvalue weighted by atomic mass is 10.3. The molecule has 0 spiro atoms. The van der Waals surface area contributed by atoms with E-state index >= 15 is 0 Å². The molecule has 21 heavy (non-hydrogen) atoms. The number of nitrogens with one attached hydrogen (secondary N) is 1. The second-order valence-corrected chi connectivity index (χ2v) is 6.87. The molecule has 0 bridgehead atoms. The lowest BCUT2D eigenvalue weighted by Crippen LogP contribution is -2.15. The average molecular weight is 340 g/mol. The van der Waals surface area contributed by atoms with Crippen LogP contribution in [0.25, 0.3) is 0 Å². The molecule has 1 heterocycles. The molecule has 1 aromatic heterocycles. The maximum absolute atomic E-state index is 11.9. The molecule has 0 radical (unpaired) electrons. The molecule has 3 N–H and O–H groups in total. The number of hydrogen-bond acceptors (Lipinski definition) is 7. The smallest absolute Gasteiger partial charge is 0.234 e. The molecule has 2 amide bonds. The summed E-state index contributed by atoms with van der Waals surface area (Å²) in [5.74, 6) is -0.105. The first-order chi connectivity index (χ1) is 10.1. The third-order valence-corrected chi connectivity index (χ3v) is 5.15. The Morgan fingerprint density at radius 3 is 2.76 bits per heavy atom. The Balaban J connectivity index is 1.92. The normalized spacial score (nSPS) is 10.3. The predicted molar refractivity (Wildman–Crippen MR) is 85.6 cm³/mol. The SMILES string of the molecule is NC(=O)CSc1ccccc1NC(=O)CSc1nncs1. The van der Waals surface area contributed by atoms with Gasteiger partial charge in [-0.05, 0) is 12.1 Å². The number of rotatable bonds is 7. The van der Waals surface area contributed by atoms with Gasteiger partial charge >= 0.3 is 0 Å². The molecule has 9 heteroatoms. The van der Waals surface area contributed by atoms with Crippen molar-refractivity contribution >= 4 is 52.4 Å². The average Bonchev–Trinajstić information content (AvgIpc) is 2.97. The Kier molecular flexibility index (Phi) is 6.03. The molecule has 110 valence electrons. The maximum atomic E-state index is 11.9. The topological polar surface area (TPSA) is 98.0 Å². The molecular weight excluding hydrogens is 328 g/mol. The monoisotopic (exact) mass is 340 g/mol. The Morgan fingerprint density at radius 1 is 1.24 bits per heavy atom. The van der Waals surface area contributed by atoms with Gasteiger partial charge in [0.2, 0.25) is 11.8 Å². The highest BCUT2D eigenvalue weighted by molar-refractivity contribution is 8.01. The summed E-state index contributed by atoms with van der Waals surface area (Å²) in [6, 6.07) is 7.29. The molecule has 0 aliphatic heterocycles. The third kappa shape index (κ3) is 5.37. The van der Waals surface area contributed by atoms with E-state index in [0.717, 1.165) is 9.24 Å². The van der Waals surface area contributed by atoms with Gasteiger partial charge in [0.1, 0.15) is 5.51 Å². The minimum absolute atomic E-state index is 0.137. The van der Waals surface area contributed by atoms with Gasteiger partial charge in [0.25, 0.3) is 0 Å². The van der Waals surface area contributed by atoms with Crippen LogP contribution in [0.4, 0.5) is 5.69 Å². The highest BCUT2D eigenvalue weighted by atomic mass is 32.2. The first-order valence-corrected chi connectivity index (χ1v) is 8.69. The zero-order valence-electron chi connectivity index (χ0n) is 10.8. The van der Waals surface area contributed by atoms with E-state index in [2.05, 4.69) is 15.5 Å². The summed E-state index contributed by atoms with van der Waals surface area (Å²) in [7, 11) is 0. The minimum Gasteiger partial charge on any atom is -0.369 e. The van der Waals surface area contributed by atoms with E-state index in [0.29, 0.717) is 5.69 Å². The van der Waals surface area contributed by atoms with Crippen molar-refractivity contribution in [2.75, 3.05) is 16.8 Å². The number of primary amides is 1. The molecule has 0 atom stereocenters. The van der Waals surface area contributed by atoms with E-state index < -0.39 is 5.91 Å². The first-order valence-electron chi connectivity index (χ1n) is 5.84. The van der Waals surface area contributed by atoms with Crippen LogP contribution in [0.2, 0.25) is 0 Å². The van der Waals surface area contributed by atoms with Crippen LogP contribution in [0, 0.1) is 0 Å². The van der Waals surface area contributed by atoms with Gasteiger partial charge in [-0.1, -0.05) is 35.2 Å². The molecule has 1 aromatic carbocycles. The lowest BCUT2D eigenvalue weighted by molar-refractivity contribution is -0.115. The number of hydrogen-bond donors (Lipinski definition) is 2. The third-order valence-electron chi connectivity index (χ3n) is 2.20. The summed E-state index contributed by atoms with van der Waals surface area (Å²) in [4.78, 5) is 23.6. The summed E-state index contributed by atoms with van der Waals surface area (Å²) >= 11 is 4.02. The van der Waals surface area contributed by atoms with Crippen molar-refractivity contribution in [2.24, 2.45) is 5.73 Å². The standard InChI is InChI=1S/C12H12N4O2S3/c13-10(17)5-19-9-4-2-1-3-8(9)15-11(18)6-20-12-16-14-7-21-12/h1-4,7H,5-6H2,(H2,13,17)(H,15,18). The number of aromatic nitrogens is 2. The van der Waals surface area contributed by atoms with Gasteiger partial charge in [-0.25, -0.2) is 0 Å². The number of amides is 2. The number of nitrogens with zero attached hydrogens (tertiary/aromatic N) is 2. The van der Waals surface area contributed by atoms with Crippen molar-refractivity contribution in [1.82, 2.24) is 10.2 Å². The number of carbonyl (C=O) groups is 2. The number of carbonyl (C=O) groups excluding carboxylic acids is 2. The van der Waals surface area contributed by atoms with Crippen molar-refractivity contribution < 1.29 is 9.59 Å². The molecule has 0 fully saturated rings. The Bertz CT molecular complexity index is 619. The van der Waals surface area contributed by atoms with Crippen LogP contribution in [-0.2, 0) is 9.59 Å². The number of benzene rings is 1. The Morgan fingerprint density at radius 2 is 2.05 bits per heavy atom. The number of thioether (sulfide) groups is 2. The highest BCUT2D eigenvalue weighted by Crippen LogP contribution is 2.27. The number of para-hydroxylation sites is 1. The lowest BCUT2D eigenvalue weighted by Gasteiger charge is -2.09. The zero-order valence-corrected chi connectivity index (χ0v) is 13.3. The molecule has 0 unspecified atom stereocenters. The van der Waals surface area contributed by atoms with Crippen LogP contribution in [0.5, 0.6) is 0 Å². The van der Waals surface area contributed by atoms with Crippen molar-refractivity contribution in [3.05, 3.63) is 29.8 Å². The van der Waals surface area contributed by atoms with Gasteiger partial charge in [0.05, 0.1) is 17.2 Å². The van der Waals surface area contributed by atoms with Gasteiger partial charge in [-0.3, -0.25) is 9.59 Å². The van der Waals surface area contributed by atoms with E-state index in [1.807, 2.05) is 18.2 Å². The van der Waals surface area contributed by atoms with Crippen LogP contribution in [0.1, 0.15) is 0 Å². The highest BCUT2D eigenvalue weighted by Gasteiger charge is 2.09. The summed E-state index contributed by atoms with van der Waals surface area (Å²) in [5.41, 5.74) is 7.43. The molecular formula is C12H12N4O2S3. The summed E-state index contributed by atoms with van der Waals surface area (Å²) in [6.45, 7) is 0. The van der Waals surface area contributed by atoms with Gasteiger partial charge in [-0.15, -0.1) is 22.0 Å². The molecule has 0 saturated heterocycles. The second kappa shape index (κ2) is 8.01. The van der Waals surface area contributed by atoms with Gasteiger partial charge in [0.15, 0.2) is 4.34 Å². The van der Waals surface area contributed by atoms with E-state index in [9.17, 15) is 9.59 Å². The fourth-order valence-corrected chi connectivity index (χ4v) is 3.42. The first kappa shape index (κ1) is 15.8. The Hall–Kier alpha value is -1.58. The molecule has 2 aromatic rings. The van der Waals surface area contributed by atoms with Crippen molar-refractivity contribution in [3.63, 3.8) is 0 Å². The predicted octanol–water partition coefficient (Wildman–Crippen LogP) is 1.85. The van der Waals surface area contributed by atoms with E-state index in [-0.39, 0.29) is 17.4 Å². The zero-order chi connectivity index (χ0) is 15.1. The molecule has 0 aliphatic carbocycles. The fraction of sp³-hybridized carbons (Fsp3) is 0.167. The van der Waals surface area contributed by atoms with Crippen LogP contribution >= 0.6 is 34.9 Å². The molecule has 0 aliphatic rings. The van der Waals surface area contributed by atoms with E-state index in [1.165, 1.54) is 34.9 Å².